The molecule has 0 saturated heterocycles. The molecule has 23 heavy (non-hydrogen) atoms. The van der Waals surface area contributed by atoms with Gasteiger partial charge in [-0.2, -0.15) is 0 Å². The van der Waals surface area contributed by atoms with Crippen molar-refractivity contribution < 1.29 is 4.79 Å². The molecule has 0 aliphatic carbocycles. The quantitative estimate of drug-likeness (QED) is 0.686. The zero-order valence-electron chi connectivity index (χ0n) is 12.4. The molecule has 4 N–H and O–H groups in total. The Labute approximate surface area is 139 Å². The third-order valence-corrected chi connectivity index (χ3v) is 4.50. The summed E-state index contributed by atoms with van der Waals surface area (Å²) in [5, 5.41) is 0. The molecule has 7 nitrogen and oxygen atoms in total. The molecule has 1 aromatic heterocycles. The molecule has 120 valence electrons. The van der Waals surface area contributed by atoms with Crippen LogP contribution in [0, 0.1) is 0 Å². The van der Waals surface area contributed by atoms with Gasteiger partial charge in [-0.15, -0.1) is 0 Å². The van der Waals surface area contributed by atoms with Gasteiger partial charge >= 0.3 is 5.69 Å². The number of nitrogens with zero attached hydrogens (tertiary/aromatic N) is 1. The van der Waals surface area contributed by atoms with Crippen LogP contribution in [-0.2, 0) is 13.0 Å². The van der Waals surface area contributed by atoms with Gasteiger partial charge in [0, 0.05) is 17.1 Å². The van der Waals surface area contributed by atoms with E-state index in [1.54, 1.807) is 4.90 Å². The number of hydrogen-bond acceptors (Lipinski definition) is 4. The minimum Gasteiger partial charge on any atom is -0.392 e. The predicted molar refractivity (Wildman–Crippen MR) is 89.3 cm³/mol. The van der Waals surface area contributed by atoms with Crippen LogP contribution < -0.4 is 17.0 Å². The number of H-pyrrole nitrogens is 2. The summed E-state index contributed by atoms with van der Waals surface area (Å²) < 4.78 is 0.933. The Morgan fingerprint density at radius 2 is 2.04 bits per heavy atom. The first-order valence-electron chi connectivity index (χ1n) is 7.07. The van der Waals surface area contributed by atoms with Crippen molar-refractivity contribution in [3.05, 3.63) is 60.3 Å². The number of carbonyl (C=O) groups is 1. The first kappa shape index (κ1) is 15.5. The first-order chi connectivity index (χ1) is 10.9. The second kappa shape index (κ2) is 5.69. The van der Waals surface area contributed by atoms with E-state index in [1.165, 1.54) is 5.56 Å². The Hall–Kier alpha value is -2.35. The zero-order valence-corrected chi connectivity index (χ0v) is 13.9. The van der Waals surface area contributed by atoms with Crippen LogP contribution in [0.15, 0.2) is 32.3 Å². The minimum absolute atomic E-state index is 0.0710. The number of nitrogen functional groups attached to an aromatic ring is 1. The molecule has 0 bridgehead atoms. The Morgan fingerprint density at radius 3 is 2.78 bits per heavy atom. The average molecular weight is 379 g/mol. The Kier molecular flexibility index (Phi) is 3.85. The maximum atomic E-state index is 12.7. The van der Waals surface area contributed by atoms with Crippen LogP contribution in [0.4, 0.5) is 5.69 Å². The molecule has 1 aromatic carbocycles. The van der Waals surface area contributed by atoms with E-state index in [1.807, 2.05) is 30.1 Å². The van der Waals surface area contributed by atoms with Gasteiger partial charge < -0.3 is 15.6 Å². The smallest absolute Gasteiger partial charge is 0.326 e. The third-order valence-electron chi connectivity index (χ3n) is 4.01. The molecule has 2 aromatic rings. The molecule has 1 aliphatic rings. The number of aromatic nitrogens is 2. The summed E-state index contributed by atoms with van der Waals surface area (Å²) in [5.41, 5.74) is 5.91. The van der Waals surface area contributed by atoms with Crippen LogP contribution in [0.25, 0.3) is 0 Å². The van der Waals surface area contributed by atoms with E-state index >= 15 is 0 Å². The maximum absolute atomic E-state index is 12.7. The molecule has 1 aliphatic heterocycles. The molecular formula is C15H15BrN4O3. The summed E-state index contributed by atoms with van der Waals surface area (Å²) in [7, 11) is 0. The van der Waals surface area contributed by atoms with Crippen molar-refractivity contribution in [2.45, 2.75) is 25.9 Å². The van der Waals surface area contributed by atoms with Crippen molar-refractivity contribution in [2.24, 2.45) is 0 Å². The van der Waals surface area contributed by atoms with Gasteiger partial charge in [-0.25, -0.2) is 4.79 Å². The van der Waals surface area contributed by atoms with Crippen molar-refractivity contribution in [1.29, 1.82) is 0 Å². The van der Waals surface area contributed by atoms with E-state index in [4.69, 9.17) is 5.73 Å². The number of rotatable bonds is 1. The second-order valence-corrected chi connectivity index (χ2v) is 6.51. The highest BCUT2D eigenvalue weighted by Gasteiger charge is 2.29. The molecule has 0 fully saturated rings. The van der Waals surface area contributed by atoms with Gasteiger partial charge in [0.1, 0.15) is 11.4 Å². The molecule has 1 atom stereocenters. The summed E-state index contributed by atoms with van der Waals surface area (Å²) >= 11 is 3.42. The van der Waals surface area contributed by atoms with Crippen molar-refractivity contribution >= 4 is 27.5 Å². The van der Waals surface area contributed by atoms with Gasteiger partial charge in [-0.3, -0.25) is 14.6 Å². The van der Waals surface area contributed by atoms with Crippen molar-refractivity contribution in [2.75, 3.05) is 5.73 Å². The summed E-state index contributed by atoms with van der Waals surface area (Å²) in [6, 6.07) is 5.89. The Bertz CT molecular complexity index is 902. The number of hydrogen-bond donors (Lipinski definition) is 3. The van der Waals surface area contributed by atoms with Crippen LogP contribution in [-0.4, -0.2) is 26.8 Å². The summed E-state index contributed by atoms with van der Waals surface area (Å²) in [5.74, 6) is -0.455. The number of halogens is 1. The van der Waals surface area contributed by atoms with Gasteiger partial charge in [0.25, 0.3) is 11.5 Å². The molecule has 2 heterocycles. The first-order valence-corrected chi connectivity index (χ1v) is 7.86. The lowest BCUT2D eigenvalue weighted by molar-refractivity contribution is 0.0652. The number of carbonyl (C=O) groups excluding carboxylic acids is 1. The minimum atomic E-state index is -0.759. The predicted octanol–water partition coefficient (Wildman–Crippen LogP) is 0.995. The topological polar surface area (TPSA) is 112 Å². The normalized spacial score (nSPS) is 17.0. The van der Waals surface area contributed by atoms with Crippen molar-refractivity contribution in [3.63, 3.8) is 0 Å². The molecule has 0 radical (unpaired) electrons. The summed E-state index contributed by atoms with van der Waals surface area (Å²) in [6.07, 6.45) is 0.696. The van der Waals surface area contributed by atoms with E-state index in [0.717, 1.165) is 10.0 Å². The monoisotopic (exact) mass is 378 g/mol. The van der Waals surface area contributed by atoms with Gasteiger partial charge in [-0.1, -0.05) is 22.0 Å². The highest BCUT2D eigenvalue weighted by Crippen LogP contribution is 2.27. The van der Waals surface area contributed by atoms with E-state index in [2.05, 4.69) is 20.9 Å². The molecular weight excluding hydrogens is 364 g/mol. The number of benzene rings is 1. The number of nitrogens with one attached hydrogen (secondary N) is 2. The molecule has 8 heteroatoms. The molecule has 3 rings (SSSR count). The van der Waals surface area contributed by atoms with E-state index < -0.39 is 17.2 Å². The van der Waals surface area contributed by atoms with E-state index in [0.29, 0.717) is 13.0 Å². The fraction of sp³-hybridized carbons (Fsp3) is 0.267. The summed E-state index contributed by atoms with van der Waals surface area (Å²) in [6.45, 7) is 2.31. The highest BCUT2D eigenvalue weighted by atomic mass is 79.9. The fourth-order valence-corrected chi connectivity index (χ4v) is 3.20. The van der Waals surface area contributed by atoms with Crippen LogP contribution >= 0.6 is 15.9 Å². The Balaban J connectivity index is 2.01. The third kappa shape index (κ3) is 2.81. The van der Waals surface area contributed by atoms with Crippen molar-refractivity contribution in [1.82, 2.24) is 14.9 Å². The molecule has 1 unspecified atom stereocenters. The number of fused-ring (bicyclic) bond motifs is 1. The fourth-order valence-electron chi connectivity index (χ4n) is 2.79. The van der Waals surface area contributed by atoms with Crippen molar-refractivity contribution in [3.8, 4) is 0 Å². The lowest BCUT2D eigenvalue weighted by atomic mass is 9.94. The SMILES string of the molecule is CC1Cc2ccc(Br)cc2CN1C(=O)c1[nH]c(=O)[nH]c(=O)c1N. The van der Waals surface area contributed by atoms with Crippen LogP contribution in [0.1, 0.15) is 28.5 Å². The number of nitrogens with two attached hydrogens (primary N) is 1. The van der Waals surface area contributed by atoms with Crippen LogP contribution in [0.3, 0.4) is 0 Å². The van der Waals surface area contributed by atoms with Gasteiger partial charge in [-0.05, 0) is 36.6 Å². The molecule has 0 saturated carbocycles. The van der Waals surface area contributed by atoms with Gasteiger partial charge in [0.2, 0.25) is 0 Å². The standard InChI is InChI=1S/C15H15BrN4O3/c1-7-4-8-2-3-10(16)5-9(8)6-20(7)14(22)12-11(17)13(21)19-15(23)18-12/h2-3,5,7H,4,6,17H2,1H3,(H2,18,19,21,23). The summed E-state index contributed by atoms with van der Waals surface area (Å²) in [4.78, 5) is 41.7. The van der Waals surface area contributed by atoms with Gasteiger partial charge in [0.15, 0.2) is 0 Å². The second-order valence-electron chi connectivity index (χ2n) is 5.60. The van der Waals surface area contributed by atoms with Crippen LogP contribution in [0.2, 0.25) is 0 Å². The molecule has 0 spiro atoms. The lowest BCUT2D eigenvalue weighted by Crippen LogP contribution is -2.44. The largest absolute Gasteiger partial charge is 0.392 e. The molecule has 1 amide bonds. The number of anilines is 1. The number of amides is 1. The van der Waals surface area contributed by atoms with Crippen LogP contribution in [0.5, 0.6) is 0 Å². The van der Waals surface area contributed by atoms with E-state index in [-0.39, 0.29) is 17.4 Å². The Morgan fingerprint density at radius 1 is 1.30 bits per heavy atom. The highest BCUT2D eigenvalue weighted by molar-refractivity contribution is 9.10. The average Bonchev–Trinajstić information content (AvgIpc) is 2.50. The zero-order chi connectivity index (χ0) is 16.7. The van der Waals surface area contributed by atoms with E-state index in [9.17, 15) is 14.4 Å². The lowest BCUT2D eigenvalue weighted by Gasteiger charge is -2.35. The number of aromatic amines is 2. The maximum Gasteiger partial charge on any atom is 0.326 e. The van der Waals surface area contributed by atoms with Gasteiger partial charge in [0.05, 0.1) is 0 Å².